The Hall–Kier alpha value is -2.31. The van der Waals surface area contributed by atoms with Crippen LogP contribution < -0.4 is 0 Å². The largest absolute Gasteiger partial charge is 0.298 e. The summed E-state index contributed by atoms with van der Waals surface area (Å²) in [4.78, 5) is 12.0. The van der Waals surface area contributed by atoms with Crippen molar-refractivity contribution in [2.75, 3.05) is 19.3 Å². The van der Waals surface area contributed by atoms with Gasteiger partial charge < -0.3 is 0 Å². The third-order valence-electron chi connectivity index (χ3n) is 5.10. The average molecular weight is 382 g/mol. The highest BCUT2D eigenvalue weighted by Crippen LogP contribution is 2.22. The first-order valence-electron chi connectivity index (χ1n) is 9.15. The summed E-state index contributed by atoms with van der Waals surface area (Å²) in [5.41, 5.74) is 5.58. The van der Waals surface area contributed by atoms with Crippen LogP contribution in [-0.4, -0.2) is 42.6 Å². The van der Waals surface area contributed by atoms with E-state index >= 15 is 0 Å². The number of fused-ring (bicyclic) bond motifs is 2. The summed E-state index contributed by atoms with van der Waals surface area (Å²) >= 11 is 0. The summed E-state index contributed by atoms with van der Waals surface area (Å²) in [7, 11) is -3.13. The van der Waals surface area contributed by atoms with E-state index in [9.17, 15) is 8.42 Å². The number of pyridine rings is 2. The second-order valence-corrected chi connectivity index (χ2v) is 9.36. The van der Waals surface area contributed by atoms with Gasteiger partial charge in [0.15, 0.2) is 15.5 Å². The first-order chi connectivity index (χ1) is 12.9. The first-order valence-corrected chi connectivity index (χ1v) is 11.0. The Balaban J connectivity index is 1.45. The van der Waals surface area contributed by atoms with Crippen LogP contribution in [-0.2, 0) is 29.2 Å². The first kappa shape index (κ1) is 18.1. The third-order valence-corrected chi connectivity index (χ3v) is 6.23. The summed E-state index contributed by atoms with van der Waals surface area (Å²) in [6, 6.07) is 11.6. The van der Waals surface area contributed by atoms with Gasteiger partial charge in [-0.25, -0.2) is 18.4 Å². The highest BCUT2D eigenvalue weighted by Gasteiger charge is 2.18. The van der Waals surface area contributed by atoms with Crippen LogP contribution in [0.2, 0.25) is 0 Å². The van der Waals surface area contributed by atoms with Crippen molar-refractivity contribution in [3.63, 3.8) is 0 Å². The van der Waals surface area contributed by atoms with Gasteiger partial charge in [-0.2, -0.15) is 0 Å². The molecule has 1 aliphatic heterocycles. The molecule has 0 saturated carbocycles. The monoisotopic (exact) mass is 381 g/mol. The fourth-order valence-electron chi connectivity index (χ4n) is 3.57. The molecule has 0 fully saturated rings. The molecule has 0 bridgehead atoms. The Morgan fingerprint density at radius 3 is 2.67 bits per heavy atom. The molecule has 0 amide bonds. The van der Waals surface area contributed by atoms with Gasteiger partial charge in [0.05, 0.1) is 4.90 Å². The van der Waals surface area contributed by atoms with Crippen LogP contribution >= 0.6 is 0 Å². The molecule has 6 heteroatoms. The molecule has 2 aromatic heterocycles. The van der Waals surface area contributed by atoms with Gasteiger partial charge in [0.25, 0.3) is 0 Å². The van der Waals surface area contributed by atoms with Gasteiger partial charge in [-0.05, 0) is 54.3 Å². The molecule has 1 aromatic carbocycles. The molecule has 4 rings (SSSR count). The second kappa shape index (κ2) is 7.02. The molecule has 0 N–H and O–H groups in total. The van der Waals surface area contributed by atoms with Gasteiger partial charge in [0, 0.05) is 49.6 Å². The van der Waals surface area contributed by atoms with Crippen molar-refractivity contribution in [3.8, 4) is 0 Å². The molecular weight excluding hydrogens is 358 g/mol. The van der Waals surface area contributed by atoms with Crippen molar-refractivity contribution in [3.05, 3.63) is 65.0 Å². The number of nitrogens with zero attached hydrogens (tertiary/aromatic N) is 3. The number of benzene rings is 1. The van der Waals surface area contributed by atoms with Crippen molar-refractivity contribution < 1.29 is 8.42 Å². The van der Waals surface area contributed by atoms with Crippen molar-refractivity contribution in [2.45, 2.75) is 31.2 Å². The maximum Gasteiger partial charge on any atom is 0.175 e. The zero-order valence-electron chi connectivity index (χ0n) is 15.6. The van der Waals surface area contributed by atoms with E-state index in [4.69, 9.17) is 4.98 Å². The van der Waals surface area contributed by atoms with Crippen LogP contribution in [0, 0.1) is 6.92 Å². The molecule has 0 atom stereocenters. The van der Waals surface area contributed by atoms with Crippen molar-refractivity contribution in [1.29, 1.82) is 0 Å². The molecule has 3 aromatic rings. The van der Waals surface area contributed by atoms with Gasteiger partial charge in [0.1, 0.15) is 0 Å². The van der Waals surface area contributed by atoms with E-state index in [-0.39, 0.29) is 0 Å². The number of hydrogen-bond donors (Lipinski definition) is 0. The molecule has 0 radical (unpaired) electrons. The summed E-state index contributed by atoms with van der Waals surface area (Å²) in [5, 5.41) is 1.10. The standard InChI is InChI=1S/C21H23N3O2S/c1-15-11-17-12-18-14-24(10-8-20(18)23-21(17)22-13-15)9-7-16-3-5-19(6-4-16)27(2,25)26/h3-6,11-13H,7-10,14H2,1-2H3. The minimum atomic E-state index is -3.13. The van der Waals surface area contributed by atoms with Gasteiger partial charge >= 0.3 is 0 Å². The van der Waals surface area contributed by atoms with Crippen molar-refractivity contribution in [1.82, 2.24) is 14.9 Å². The topological polar surface area (TPSA) is 63.2 Å². The maximum absolute atomic E-state index is 11.6. The molecule has 0 spiro atoms. The highest BCUT2D eigenvalue weighted by molar-refractivity contribution is 7.90. The molecule has 27 heavy (non-hydrogen) atoms. The SMILES string of the molecule is Cc1cnc2nc3c(cc2c1)CN(CCc1ccc(S(C)(=O)=O)cc1)CC3. The lowest BCUT2D eigenvalue weighted by atomic mass is 10.0. The van der Waals surface area contributed by atoms with Crippen LogP contribution in [0.5, 0.6) is 0 Å². The maximum atomic E-state index is 11.6. The van der Waals surface area contributed by atoms with Crippen LogP contribution in [0.4, 0.5) is 0 Å². The zero-order valence-corrected chi connectivity index (χ0v) is 16.5. The Morgan fingerprint density at radius 1 is 1.15 bits per heavy atom. The van der Waals surface area contributed by atoms with Gasteiger partial charge in [0.2, 0.25) is 0 Å². The van der Waals surface area contributed by atoms with Crippen LogP contribution in [0.1, 0.15) is 22.4 Å². The third kappa shape index (κ3) is 4.01. The van der Waals surface area contributed by atoms with Gasteiger partial charge in [-0.15, -0.1) is 0 Å². The summed E-state index contributed by atoms with van der Waals surface area (Å²) in [5.74, 6) is 0. The summed E-state index contributed by atoms with van der Waals surface area (Å²) in [6.07, 6.45) is 4.95. The lowest BCUT2D eigenvalue weighted by Gasteiger charge is -2.28. The minimum Gasteiger partial charge on any atom is -0.298 e. The molecule has 5 nitrogen and oxygen atoms in total. The Kier molecular flexibility index (Phi) is 4.70. The molecule has 1 aliphatic rings. The zero-order chi connectivity index (χ0) is 19.0. The minimum absolute atomic E-state index is 0.375. The average Bonchev–Trinajstić information content (AvgIpc) is 2.64. The fraction of sp³-hybridized carbons (Fsp3) is 0.333. The van der Waals surface area contributed by atoms with Crippen molar-refractivity contribution in [2.24, 2.45) is 0 Å². The predicted molar refractivity (Wildman–Crippen MR) is 107 cm³/mol. The Labute approximate surface area is 160 Å². The van der Waals surface area contributed by atoms with Crippen LogP contribution in [0.25, 0.3) is 11.0 Å². The molecule has 140 valence electrons. The molecule has 0 unspecified atom stereocenters. The predicted octanol–water partition coefficient (Wildman–Crippen LogP) is 2.94. The normalized spacial score (nSPS) is 15.0. The molecule has 3 heterocycles. The van der Waals surface area contributed by atoms with E-state index in [1.165, 1.54) is 11.8 Å². The second-order valence-electron chi connectivity index (χ2n) is 7.35. The molecule has 0 saturated heterocycles. The van der Waals surface area contributed by atoms with E-state index in [1.54, 1.807) is 12.1 Å². The number of rotatable bonds is 4. The highest BCUT2D eigenvalue weighted by atomic mass is 32.2. The molecular formula is C21H23N3O2S. The van der Waals surface area contributed by atoms with Gasteiger partial charge in [-0.1, -0.05) is 12.1 Å². The Bertz CT molecular complexity index is 1090. The molecule has 0 aliphatic carbocycles. The Morgan fingerprint density at radius 2 is 1.93 bits per heavy atom. The van der Waals surface area contributed by atoms with E-state index in [0.717, 1.165) is 60.3 Å². The van der Waals surface area contributed by atoms with Crippen LogP contribution in [0.3, 0.4) is 0 Å². The lowest BCUT2D eigenvalue weighted by Crippen LogP contribution is -2.32. The van der Waals surface area contributed by atoms with E-state index in [0.29, 0.717) is 4.90 Å². The number of aromatic nitrogens is 2. The quantitative estimate of drug-likeness (QED) is 0.695. The fourth-order valence-corrected chi connectivity index (χ4v) is 4.20. The number of sulfone groups is 1. The van der Waals surface area contributed by atoms with E-state index in [1.807, 2.05) is 25.3 Å². The van der Waals surface area contributed by atoms with Crippen molar-refractivity contribution >= 4 is 20.9 Å². The smallest absolute Gasteiger partial charge is 0.175 e. The summed E-state index contributed by atoms with van der Waals surface area (Å²) < 4.78 is 23.1. The van der Waals surface area contributed by atoms with E-state index in [2.05, 4.69) is 22.0 Å². The number of hydrogen-bond acceptors (Lipinski definition) is 5. The van der Waals surface area contributed by atoms with Gasteiger partial charge in [-0.3, -0.25) is 4.90 Å². The van der Waals surface area contributed by atoms with E-state index < -0.39 is 9.84 Å². The number of aryl methyl sites for hydroxylation is 1. The summed E-state index contributed by atoms with van der Waals surface area (Å²) in [6.45, 7) is 4.88. The lowest BCUT2D eigenvalue weighted by molar-refractivity contribution is 0.255. The van der Waals surface area contributed by atoms with Crippen LogP contribution in [0.15, 0.2) is 47.5 Å².